The second kappa shape index (κ2) is 7.94. The van der Waals surface area contributed by atoms with E-state index in [1.54, 1.807) is 0 Å². The second-order valence-corrected chi connectivity index (χ2v) is 6.23. The van der Waals surface area contributed by atoms with Crippen LogP contribution in [0.25, 0.3) is 0 Å². The highest BCUT2D eigenvalue weighted by molar-refractivity contribution is 5.94. The van der Waals surface area contributed by atoms with Crippen molar-refractivity contribution in [2.45, 2.75) is 20.3 Å². The van der Waals surface area contributed by atoms with E-state index in [1.807, 2.05) is 32.0 Å². The lowest BCUT2D eigenvalue weighted by Crippen LogP contribution is -2.21. The normalized spacial score (nSPS) is 12.8. The van der Waals surface area contributed by atoms with Crippen LogP contribution < -0.4 is 19.5 Å². The van der Waals surface area contributed by atoms with Crippen molar-refractivity contribution in [2.24, 2.45) is 0 Å². The third-order valence-electron chi connectivity index (χ3n) is 4.04. The molecule has 8 heteroatoms. The Labute approximate surface area is 156 Å². The molecule has 1 aliphatic heterocycles. The molecule has 0 bridgehead atoms. The third-order valence-corrected chi connectivity index (χ3v) is 4.04. The van der Waals surface area contributed by atoms with Crippen molar-refractivity contribution in [2.75, 3.05) is 25.1 Å². The Kier molecular flexibility index (Phi) is 5.44. The van der Waals surface area contributed by atoms with E-state index in [9.17, 15) is 14.9 Å². The molecule has 2 aromatic carbocycles. The summed E-state index contributed by atoms with van der Waals surface area (Å²) in [5, 5.41) is 13.9. The maximum Gasteiger partial charge on any atom is 0.296 e. The SMILES string of the molecule is Cc1ccc(C)c(OCC(=O)Nc2cc3c(cc2[N+](=O)[O-])OCCCO3)c1. The van der Waals surface area contributed by atoms with Crippen LogP contribution in [0.3, 0.4) is 0 Å². The Morgan fingerprint density at radius 2 is 1.89 bits per heavy atom. The van der Waals surface area contributed by atoms with Gasteiger partial charge in [-0.25, -0.2) is 0 Å². The number of aryl methyl sites for hydroxylation is 2. The summed E-state index contributed by atoms with van der Waals surface area (Å²) in [5.41, 5.74) is 1.68. The molecule has 1 N–H and O–H groups in total. The van der Waals surface area contributed by atoms with E-state index < -0.39 is 10.8 Å². The molecular weight excluding hydrogens is 352 g/mol. The van der Waals surface area contributed by atoms with Gasteiger partial charge in [-0.05, 0) is 31.0 Å². The average molecular weight is 372 g/mol. The number of fused-ring (bicyclic) bond motifs is 1. The Hall–Kier alpha value is -3.29. The van der Waals surface area contributed by atoms with Crippen molar-refractivity contribution < 1.29 is 23.9 Å². The summed E-state index contributed by atoms with van der Waals surface area (Å²) >= 11 is 0. The lowest BCUT2D eigenvalue weighted by molar-refractivity contribution is -0.384. The first-order valence-electron chi connectivity index (χ1n) is 8.52. The number of anilines is 1. The monoisotopic (exact) mass is 372 g/mol. The minimum Gasteiger partial charge on any atom is -0.489 e. The number of carbonyl (C=O) groups is 1. The summed E-state index contributed by atoms with van der Waals surface area (Å²) in [7, 11) is 0. The maximum absolute atomic E-state index is 12.3. The van der Waals surface area contributed by atoms with Gasteiger partial charge in [0.1, 0.15) is 11.4 Å². The van der Waals surface area contributed by atoms with Crippen LogP contribution in [0.15, 0.2) is 30.3 Å². The van der Waals surface area contributed by atoms with Crippen LogP contribution in [0.1, 0.15) is 17.5 Å². The molecule has 0 aromatic heterocycles. The molecule has 0 aliphatic carbocycles. The summed E-state index contributed by atoms with van der Waals surface area (Å²) in [4.78, 5) is 23.1. The molecule has 0 radical (unpaired) electrons. The number of nitrogens with zero attached hydrogens (tertiary/aromatic N) is 1. The van der Waals surface area contributed by atoms with Gasteiger partial charge in [-0.3, -0.25) is 14.9 Å². The van der Waals surface area contributed by atoms with Gasteiger partial charge in [0, 0.05) is 12.5 Å². The quantitative estimate of drug-likeness (QED) is 0.638. The van der Waals surface area contributed by atoms with Gasteiger partial charge in [0.05, 0.1) is 24.2 Å². The predicted molar refractivity (Wildman–Crippen MR) is 98.7 cm³/mol. The second-order valence-electron chi connectivity index (χ2n) is 6.23. The van der Waals surface area contributed by atoms with Crippen molar-refractivity contribution in [3.05, 3.63) is 51.6 Å². The lowest BCUT2D eigenvalue weighted by Gasteiger charge is -2.12. The van der Waals surface area contributed by atoms with Crippen LogP contribution in [-0.4, -0.2) is 30.7 Å². The molecule has 3 rings (SSSR count). The fourth-order valence-electron chi connectivity index (χ4n) is 2.64. The Morgan fingerprint density at radius 3 is 2.59 bits per heavy atom. The largest absolute Gasteiger partial charge is 0.489 e. The van der Waals surface area contributed by atoms with E-state index in [0.717, 1.165) is 11.1 Å². The summed E-state index contributed by atoms with van der Waals surface area (Å²) in [5.74, 6) is 0.750. The molecule has 0 saturated heterocycles. The zero-order valence-electron chi connectivity index (χ0n) is 15.1. The van der Waals surface area contributed by atoms with Gasteiger partial charge < -0.3 is 19.5 Å². The van der Waals surface area contributed by atoms with Crippen molar-refractivity contribution in [3.63, 3.8) is 0 Å². The van der Waals surface area contributed by atoms with E-state index in [0.29, 0.717) is 36.9 Å². The standard InChI is InChI=1S/C19H20N2O6/c1-12-4-5-13(2)16(8-12)27-11-19(22)20-14-9-17-18(10-15(14)21(23)24)26-7-3-6-25-17/h4-5,8-10H,3,6-7,11H2,1-2H3,(H,20,22). The molecule has 2 aromatic rings. The van der Waals surface area contributed by atoms with Gasteiger partial charge in [0.25, 0.3) is 11.6 Å². The highest BCUT2D eigenvalue weighted by Crippen LogP contribution is 2.39. The molecule has 8 nitrogen and oxygen atoms in total. The molecule has 27 heavy (non-hydrogen) atoms. The Balaban J connectivity index is 1.75. The number of hydrogen-bond donors (Lipinski definition) is 1. The minimum absolute atomic E-state index is 0.0406. The Bertz CT molecular complexity index is 881. The molecule has 142 valence electrons. The fraction of sp³-hybridized carbons (Fsp3) is 0.316. The number of amides is 1. The van der Waals surface area contributed by atoms with Crippen LogP contribution in [0.2, 0.25) is 0 Å². The lowest BCUT2D eigenvalue weighted by atomic mass is 10.1. The number of nitro benzene ring substituents is 1. The minimum atomic E-state index is -0.574. The van der Waals surface area contributed by atoms with E-state index in [1.165, 1.54) is 12.1 Å². The molecule has 0 spiro atoms. The van der Waals surface area contributed by atoms with Gasteiger partial charge in [0.15, 0.2) is 18.1 Å². The first-order chi connectivity index (χ1) is 12.9. The first kappa shape index (κ1) is 18.5. The highest BCUT2D eigenvalue weighted by atomic mass is 16.6. The molecular formula is C19H20N2O6. The van der Waals surface area contributed by atoms with Gasteiger partial charge in [-0.2, -0.15) is 0 Å². The summed E-state index contributed by atoms with van der Waals surface area (Å²) < 4.78 is 16.5. The zero-order chi connectivity index (χ0) is 19.4. The summed E-state index contributed by atoms with van der Waals surface area (Å²) in [6.07, 6.45) is 0.674. The smallest absolute Gasteiger partial charge is 0.296 e. The molecule has 0 unspecified atom stereocenters. The highest BCUT2D eigenvalue weighted by Gasteiger charge is 2.23. The van der Waals surface area contributed by atoms with Gasteiger partial charge in [-0.15, -0.1) is 0 Å². The van der Waals surface area contributed by atoms with Gasteiger partial charge in [-0.1, -0.05) is 12.1 Å². The number of nitrogens with one attached hydrogen (secondary N) is 1. The van der Waals surface area contributed by atoms with E-state index in [2.05, 4.69) is 5.32 Å². The van der Waals surface area contributed by atoms with E-state index in [4.69, 9.17) is 14.2 Å². The zero-order valence-corrected chi connectivity index (χ0v) is 15.1. The topological polar surface area (TPSA) is 99.9 Å². The number of hydrogen-bond acceptors (Lipinski definition) is 6. The molecule has 1 aliphatic rings. The molecule has 1 heterocycles. The van der Waals surface area contributed by atoms with E-state index in [-0.39, 0.29) is 18.0 Å². The number of ether oxygens (including phenoxy) is 3. The van der Waals surface area contributed by atoms with Gasteiger partial charge in [0.2, 0.25) is 0 Å². The molecule has 0 saturated carbocycles. The maximum atomic E-state index is 12.3. The third kappa shape index (κ3) is 4.46. The van der Waals surface area contributed by atoms with Crippen molar-refractivity contribution in [1.82, 2.24) is 0 Å². The summed E-state index contributed by atoms with van der Waals surface area (Å²) in [6.45, 7) is 4.39. The van der Waals surface area contributed by atoms with Crippen LogP contribution in [0.5, 0.6) is 17.2 Å². The van der Waals surface area contributed by atoms with Crippen molar-refractivity contribution >= 4 is 17.3 Å². The van der Waals surface area contributed by atoms with Crippen LogP contribution in [0.4, 0.5) is 11.4 Å². The van der Waals surface area contributed by atoms with Crippen LogP contribution in [0, 0.1) is 24.0 Å². The van der Waals surface area contributed by atoms with Crippen molar-refractivity contribution in [1.29, 1.82) is 0 Å². The fourth-order valence-corrected chi connectivity index (χ4v) is 2.64. The van der Waals surface area contributed by atoms with E-state index >= 15 is 0 Å². The number of carbonyl (C=O) groups excluding carboxylic acids is 1. The number of rotatable bonds is 5. The Morgan fingerprint density at radius 1 is 1.19 bits per heavy atom. The molecule has 0 fully saturated rings. The van der Waals surface area contributed by atoms with Crippen LogP contribution >= 0.6 is 0 Å². The molecule has 0 atom stereocenters. The number of benzene rings is 2. The summed E-state index contributed by atoms with van der Waals surface area (Å²) in [6, 6.07) is 8.36. The predicted octanol–water partition coefficient (Wildman–Crippen LogP) is 3.39. The van der Waals surface area contributed by atoms with Gasteiger partial charge >= 0.3 is 0 Å². The average Bonchev–Trinajstić information content (AvgIpc) is 2.86. The first-order valence-corrected chi connectivity index (χ1v) is 8.52. The van der Waals surface area contributed by atoms with Crippen LogP contribution in [-0.2, 0) is 4.79 Å². The molecule has 1 amide bonds. The number of nitro groups is 1. The van der Waals surface area contributed by atoms with Crippen molar-refractivity contribution in [3.8, 4) is 17.2 Å².